The van der Waals surface area contributed by atoms with Crippen molar-refractivity contribution < 1.29 is 38.6 Å². The standard InChI is InChI=1S/C39H60N4O8S/c1-12-19-43(35(46)32(25(5)13-2)42-37(49)51-38(7,8)9)30(24(3)4)21-31(50-26(6)44)34-41-29(23-52-34)33(45)40-28(22-39(10,11)36(47)48)20-27-17-15-14-16-18-27/h14-18,23-25,28,30-32H,12-13,19-22H2,1-11H3,(H,40,45)(H,42,49)(H,47,48). The molecule has 5 unspecified atom stereocenters. The second-order valence-corrected chi connectivity index (χ2v) is 16.4. The zero-order valence-corrected chi connectivity index (χ0v) is 33.6. The first-order chi connectivity index (χ1) is 24.2. The minimum absolute atomic E-state index is 0.0771. The second kappa shape index (κ2) is 19.7. The summed E-state index contributed by atoms with van der Waals surface area (Å²) in [6, 6.07) is 7.76. The van der Waals surface area contributed by atoms with Gasteiger partial charge in [0.25, 0.3) is 5.91 Å². The van der Waals surface area contributed by atoms with E-state index in [9.17, 15) is 29.1 Å². The molecule has 0 fully saturated rings. The number of hydrogen-bond donors (Lipinski definition) is 3. The van der Waals surface area contributed by atoms with Gasteiger partial charge in [-0.2, -0.15) is 0 Å². The molecule has 13 heteroatoms. The summed E-state index contributed by atoms with van der Waals surface area (Å²) in [5.41, 5.74) is -0.769. The largest absolute Gasteiger partial charge is 0.481 e. The number of amides is 3. The summed E-state index contributed by atoms with van der Waals surface area (Å²) in [6.45, 7) is 20.0. The van der Waals surface area contributed by atoms with Crippen LogP contribution in [0.25, 0.3) is 0 Å². The van der Waals surface area contributed by atoms with Gasteiger partial charge >= 0.3 is 18.0 Å². The van der Waals surface area contributed by atoms with E-state index >= 15 is 0 Å². The van der Waals surface area contributed by atoms with Crippen LogP contribution < -0.4 is 10.6 Å². The maximum absolute atomic E-state index is 14.3. The molecule has 1 heterocycles. The van der Waals surface area contributed by atoms with Crippen LogP contribution in [0.15, 0.2) is 35.7 Å². The number of hydrogen-bond acceptors (Lipinski definition) is 9. The summed E-state index contributed by atoms with van der Waals surface area (Å²) in [7, 11) is 0. The number of nitrogens with one attached hydrogen (secondary N) is 2. The molecule has 0 radical (unpaired) electrons. The Bertz CT molecular complexity index is 1490. The molecule has 0 bridgehead atoms. The maximum atomic E-state index is 14.3. The molecule has 2 rings (SSSR count). The Morgan fingerprint density at radius 1 is 0.981 bits per heavy atom. The summed E-state index contributed by atoms with van der Waals surface area (Å²) < 4.78 is 11.3. The van der Waals surface area contributed by atoms with Crippen molar-refractivity contribution in [1.82, 2.24) is 20.5 Å². The van der Waals surface area contributed by atoms with Crippen LogP contribution in [0.3, 0.4) is 0 Å². The molecule has 12 nitrogen and oxygen atoms in total. The summed E-state index contributed by atoms with van der Waals surface area (Å²) in [5.74, 6) is -2.50. The monoisotopic (exact) mass is 744 g/mol. The molecule has 2 aromatic rings. The fourth-order valence-corrected chi connectivity index (χ4v) is 6.77. The van der Waals surface area contributed by atoms with Gasteiger partial charge in [-0.3, -0.25) is 19.2 Å². The molecule has 1 aromatic carbocycles. The minimum Gasteiger partial charge on any atom is -0.481 e. The molecule has 5 atom stereocenters. The summed E-state index contributed by atoms with van der Waals surface area (Å²) in [6.07, 6.45) is 0.571. The second-order valence-electron chi connectivity index (χ2n) is 15.5. The highest BCUT2D eigenvalue weighted by Crippen LogP contribution is 2.32. The molecule has 0 spiro atoms. The van der Waals surface area contributed by atoms with Gasteiger partial charge in [0.1, 0.15) is 22.3 Å². The fourth-order valence-electron chi connectivity index (χ4n) is 5.93. The summed E-state index contributed by atoms with van der Waals surface area (Å²) in [5, 5.41) is 17.6. The van der Waals surface area contributed by atoms with Gasteiger partial charge in [-0.05, 0) is 71.3 Å². The lowest BCUT2D eigenvalue weighted by atomic mass is 9.84. The van der Waals surface area contributed by atoms with E-state index < -0.39 is 59.2 Å². The first-order valence-electron chi connectivity index (χ1n) is 18.2. The van der Waals surface area contributed by atoms with Crippen LogP contribution in [0.1, 0.15) is 129 Å². The lowest BCUT2D eigenvalue weighted by Crippen LogP contribution is -2.56. The van der Waals surface area contributed by atoms with E-state index in [-0.39, 0.29) is 36.3 Å². The van der Waals surface area contributed by atoms with E-state index in [0.29, 0.717) is 30.8 Å². The molecule has 0 aliphatic heterocycles. The number of carbonyl (C=O) groups is 5. The molecule has 0 aliphatic carbocycles. The molecule has 0 saturated carbocycles. The van der Waals surface area contributed by atoms with Crippen molar-refractivity contribution in [3.05, 3.63) is 52.0 Å². The molecule has 52 heavy (non-hydrogen) atoms. The SMILES string of the molecule is CCCN(C(=O)C(NC(=O)OC(C)(C)C)C(C)CC)C(CC(OC(C)=O)c1nc(C(=O)NC(Cc2ccccc2)CC(C)(C)C(=O)O)cs1)C(C)C. The van der Waals surface area contributed by atoms with Crippen LogP contribution in [0, 0.1) is 17.3 Å². The van der Waals surface area contributed by atoms with Gasteiger partial charge < -0.3 is 30.1 Å². The number of ether oxygens (including phenoxy) is 2. The number of esters is 1. The molecular formula is C39H60N4O8S. The van der Waals surface area contributed by atoms with Crippen molar-refractivity contribution in [2.75, 3.05) is 6.54 Å². The van der Waals surface area contributed by atoms with Crippen LogP contribution in [-0.4, -0.2) is 75.1 Å². The smallest absolute Gasteiger partial charge is 0.408 e. The lowest BCUT2D eigenvalue weighted by Gasteiger charge is -2.39. The van der Waals surface area contributed by atoms with Crippen LogP contribution in [-0.2, 0) is 30.3 Å². The van der Waals surface area contributed by atoms with Gasteiger partial charge in [-0.25, -0.2) is 9.78 Å². The van der Waals surface area contributed by atoms with Gasteiger partial charge in [-0.15, -0.1) is 11.3 Å². The van der Waals surface area contributed by atoms with Crippen LogP contribution >= 0.6 is 11.3 Å². The number of alkyl carbamates (subject to hydrolysis) is 1. The predicted molar refractivity (Wildman–Crippen MR) is 202 cm³/mol. The first kappa shape index (κ1) is 44.2. The third-order valence-electron chi connectivity index (χ3n) is 8.86. The number of carboxylic acids is 1. The molecule has 3 amide bonds. The van der Waals surface area contributed by atoms with Crippen LogP contribution in [0.2, 0.25) is 0 Å². The van der Waals surface area contributed by atoms with E-state index in [4.69, 9.17) is 9.47 Å². The topological polar surface area (TPSA) is 164 Å². The molecule has 290 valence electrons. The number of thiazole rings is 1. The Balaban J connectivity index is 2.42. The number of aromatic nitrogens is 1. The zero-order valence-electron chi connectivity index (χ0n) is 32.8. The van der Waals surface area contributed by atoms with Gasteiger partial charge in [0.15, 0.2) is 6.10 Å². The molecule has 0 saturated heterocycles. The number of carboxylic acid groups (broad SMARTS) is 1. The quantitative estimate of drug-likeness (QED) is 0.126. The van der Waals surface area contributed by atoms with Crippen molar-refractivity contribution in [2.24, 2.45) is 17.3 Å². The average Bonchev–Trinajstić information content (AvgIpc) is 3.54. The maximum Gasteiger partial charge on any atom is 0.408 e. The summed E-state index contributed by atoms with van der Waals surface area (Å²) >= 11 is 1.17. The van der Waals surface area contributed by atoms with E-state index in [1.807, 2.05) is 65.0 Å². The zero-order chi connectivity index (χ0) is 39.4. The first-order valence-corrected chi connectivity index (χ1v) is 19.1. The van der Waals surface area contributed by atoms with Gasteiger partial charge in [0, 0.05) is 37.4 Å². The van der Waals surface area contributed by atoms with Crippen molar-refractivity contribution in [3.8, 4) is 0 Å². The number of benzene rings is 1. The van der Waals surface area contributed by atoms with Crippen molar-refractivity contribution >= 4 is 41.2 Å². The number of carbonyl (C=O) groups excluding carboxylic acids is 4. The van der Waals surface area contributed by atoms with Crippen LogP contribution in [0.5, 0.6) is 0 Å². The van der Waals surface area contributed by atoms with E-state index in [1.54, 1.807) is 44.9 Å². The predicted octanol–water partition coefficient (Wildman–Crippen LogP) is 7.18. The Kier molecular flexibility index (Phi) is 16.8. The molecular weight excluding hydrogens is 685 g/mol. The van der Waals surface area contributed by atoms with Gasteiger partial charge in [0.2, 0.25) is 5.91 Å². The van der Waals surface area contributed by atoms with Gasteiger partial charge in [0.05, 0.1) is 5.41 Å². The third-order valence-corrected chi connectivity index (χ3v) is 9.80. The number of aliphatic carboxylic acids is 1. The Morgan fingerprint density at radius 2 is 1.62 bits per heavy atom. The third kappa shape index (κ3) is 13.9. The fraction of sp³-hybridized carbons (Fsp3) is 0.641. The Hall–Kier alpha value is -4.00. The summed E-state index contributed by atoms with van der Waals surface area (Å²) in [4.78, 5) is 71.5. The van der Waals surface area contributed by atoms with Crippen molar-refractivity contribution in [1.29, 1.82) is 0 Å². The number of rotatable bonds is 19. The molecule has 1 aromatic heterocycles. The van der Waals surface area contributed by atoms with E-state index in [0.717, 1.165) is 5.56 Å². The minimum atomic E-state index is -1.09. The lowest BCUT2D eigenvalue weighted by molar-refractivity contribution is -0.149. The van der Waals surface area contributed by atoms with E-state index in [2.05, 4.69) is 15.6 Å². The number of nitrogens with zero attached hydrogens (tertiary/aromatic N) is 2. The highest BCUT2D eigenvalue weighted by Gasteiger charge is 2.38. The van der Waals surface area contributed by atoms with Crippen molar-refractivity contribution in [3.63, 3.8) is 0 Å². The Morgan fingerprint density at radius 3 is 2.13 bits per heavy atom. The van der Waals surface area contributed by atoms with Gasteiger partial charge in [-0.1, -0.05) is 71.4 Å². The van der Waals surface area contributed by atoms with Crippen molar-refractivity contribution in [2.45, 2.75) is 138 Å². The Labute approximate surface area is 313 Å². The average molecular weight is 745 g/mol. The van der Waals surface area contributed by atoms with Crippen LogP contribution in [0.4, 0.5) is 4.79 Å². The normalized spacial score (nSPS) is 14.8. The highest BCUT2D eigenvalue weighted by molar-refractivity contribution is 7.09. The molecule has 0 aliphatic rings. The molecule has 3 N–H and O–H groups in total. The van der Waals surface area contributed by atoms with E-state index in [1.165, 1.54) is 18.3 Å². The highest BCUT2D eigenvalue weighted by atomic mass is 32.1.